The third kappa shape index (κ3) is 2.06. The van der Waals surface area contributed by atoms with Crippen LogP contribution in [0.25, 0.3) is 0 Å². The van der Waals surface area contributed by atoms with Gasteiger partial charge < -0.3 is 0 Å². The van der Waals surface area contributed by atoms with E-state index in [0.717, 1.165) is 0 Å². The van der Waals surface area contributed by atoms with Gasteiger partial charge in [0.2, 0.25) is 0 Å². The topological polar surface area (TPSA) is 92.3 Å². The van der Waals surface area contributed by atoms with Crippen molar-refractivity contribution >= 4 is 23.6 Å². The summed E-state index contributed by atoms with van der Waals surface area (Å²) in [6.45, 7) is 3.90. The first kappa shape index (κ1) is 13.0. The largest absolute Gasteiger partial charge is 0.289 e. The van der Waals surface area contributed by atoms with Gasteiger partial charge >= 0.3 is 0 Å². The summed E-state index contributed by atoms with van der Waals surface area (Å²) in [6, 6.07) is 0. The van der Waals surface area contributed by atoms with Gasteiger partial charge in [0.1, 0.15) is 0 Å². The molecule has 104 valence electrons. The van der Waals surface area contributed by atoms with Crippen LogP contribution >= 0.6 is 0 Å². The second-order valence-electron chi connectivity index (χ2n) is 4.76. The van der Waals surface area contributed by atoms with Gasteiger partial charge in [0.15, 0.2) is 0 Å². The Kier molecular flexibility index (Phi) is 2.79. The van der Waals surface area contributed by atoms with Gasteiger partial charge in [0.25, 0.3) is 23.6 Å². The molecule has 4 amide bonds. The molecule has 0 bridgehead atoms. The first-order valence-corrected chi connectivity index (χ1v) is 6.19. The van der Waals surface area contributed by atoms with E-state index in [-0.39, 0.29) is 11.1 Å². The molecule has 0 aromatic carbocycles. The summed E-state index contributed by atoms with van der Waals surface area (Å²) in [4.78, 5) is 45.9. The zero-order valence-corrected chi connectivity index (χ0v) is 10.8. The molecule has 2 aliphatic heterocycles. The summed E-state index contributed by atoms with van der Waals surface area (Å²) < 4.78 is 0. The maximum Gasteiger partial charge on any atom is 0.258 e. The van der Waals surface area contributed by atoms with Gasteiger partial charge in [-0.1, -0.05) is 24.8 Å². The number of imide groups is 2. The van der Waals surface area contributed by atoms with Crippen LogP contribution in [0.5, 0.6) is 0 Å². The molecule has 0 fully saturated rings. The highest BCUT2D eigenvalue weighted by molar-refractivity contribution is 6.20. The molecule has 6 nitrogen and oxygen atoms in total. The molecule has 1 unspecified atom stereocenters. The van der Waals surface area contributed by atoms with Gasteiger partial charge in [0.05, 0.1) is 5.57 Å². The summed E-state index contributed by atoms with van der Waals surface area (Å²) in [5.74, 6) is -2.43. The average molecular weight is 282 g/mol. The van der Waals surface area contributed by atoms with E-state index < -0.39 is 29.5 Å². The van der Waals surface area contributed by atoms with Gasteiger partial charge in [-0.25, -0.2) is 0 Å². The SMILES string of the molecule is C=C1C(C2=CC(=O)NC2=O)=CC=CC1C1=CC(=O)NC1=O. The summed E-state index contributed by atoms with van der Waals surface area (Å²) in [6.07, 6.45) is 7.45. The number of allylic oxidation sites excluding steroid dienone is 4. The maximum atomic E-state index is 11.7. The number of amides is 4. The summed E-state index contributed by atoms with van der Waals surface area (Å²) >= 11 is 0. The van der Waals surface area contributed by atoms with Gasteiger partial charge in [-0.3, -0.25) is 29.8 Å². The summed E-state index contributed by atoms with van der Waals surface area (Å²) in [5.41, 5.74) is 1.46. The number of carbonyl (C=O) groups excluding carboxylic acids is 4. The van der Waals surface area contributed by atoms with Crippen molar-refractivity contribution in [1.82, 2.24) is 10.6 Å². The molecule has 0 aromatic rings. The molecule has 3 rings (SSSR count). The second-order valence-corrected chi connectivity index (χ2v) is 4.76. The molecule has 3 aliphatic rings. The van der Waals surface area contributed by atoms with Gasteiger partial charge in [-0.05, 0) is 11.1 Å². The van der Waals surface area contributed by atoms with Crippen LogP contribution in [0, 0.1) is 5.92 Å². The minimum Gasteiger partial charge on any atom is -0.289 e. The van der Waals surface area contributed by atoms with Crippen LogP contribution in [0.15, 0.2) is 59.3 Å². The smallest absolute Gasteiger partial charge is 0.258 e. The van der Waals surface area contributed by atoms with E-state index in [2.05, 4.69) is 17.2 Å². The molecule has 0 aromatic heterocycles. The molecule has 1 aliphatic carbocycles. The van der Waals surface area contributed by atoms with Crippen molar-refractivity contribution in [2.24, 2.45) is 5.92 Å². The number of hydrogen-bond acceptors (Lipinski definition) is 4. The Bertz CT molecular complexity index is 750. The Labute approximate surface area is 119 Å². The minimum atomic E-state index is -0.499. The molecule has 0 spiro atoms. The maximum absolute atomic E-state index is 11.7. The van der Waals surface area contributed by atoms with Crippen molar-refractivity contribution in [3.63, 3.8) is 0 Å². The molecular formula is C15H10N2O4. The van der Waals surface area contributed by atoms with Crippen molar-refractivity contribution in [2.45, 2.75) is 0 Å². The van der Waals surface area contributed by atoms with E-state index >= 15 is 0 Å². The Morgan fingerprint density at radius 1 is 0.905 bits per heavy atom. The van der Waals surface area contributed by atoms with E-state index in [1.807, 2.05) is 0 Å². The van der Waals surface area contributed by atoms with Gasteiger partial charge in [-0.2, -0.15) is 0 Å². The molecule has 2 heterocycles. The van der Waals surface area contributed by atoms with Gasteiger partial charge in [-0.15, -0.1) is 0 Å². The highest BCUT2D eigenvalue weighted by Crippen LogP contribution is 2.35. The molecule has 21 heavy (non-hydrogen) atoms. The van der Waals surface area contributed by atoms with E-state index in [1.54, 1.807) is 18.2 Å². The van der Waals surface area contributed by atoms with Crippen LogP contribution in [0.2, 0.25) is 0 Å². The average Bonchev–Trinajstić information content (AvgIpc) is 2.92. The van der Waals surface area contributed by atoms with Crippen LogP contribution in [-0.2, 0) is 19.2 Å². The van der Waals surface area contributed by atoms with E-state index in [0.29, 0.717) is 11.1 Å². The second kappa shape index (κ2) is 4.52. The van der Waals surface area contributed by atoms with Crippen LogP contribution in [0.4, 0.5) is 0 Å². The van der Waals surface area contributed by atoms with E-state index in [4.69, 9.17) is 0 Å². The third-order valence-corrected chi connectivity index (χ3v) is 3.46. The van der Waals surface area contributed by atoms with Gasteiger partial charge in [0, 0.05) is 23.6 Å². The first-order chi connectivity index (χ1) is 9.97. The first-order valence-electron chi connectivity index (χ1n) is 6.19. The lowest BCUT2D eigenvalue weighted by molar-refractivity contribution is -0.125. The van der Waals surface area contributed by atoms with Crippen molar-refractivity contribution in [3.8, 4) is 0 Å². The fraction of sp³-hybridized carbons (Fsp3) is 0.0667. The van der Waals surface area contributed by atoms with Crippen molar-refractivity contribution in [2.75, 3.05) is 0 Å². The Morgan fingerprint density at radius 2 is 1.57 bits per heavy atom. The minimum absolute atomic E-state index is 0.213. The third-order valence-electron chi connectivity index (χ3n) is 3.46. The standard InChI is InChI=1S/C15H10N2O4/c1-7-8(10-5-12(18)16-14(10)20)3-2-4-9(7)11-6-13(19)17-15(11)21/h2-6,8H,1H2,(H,16,18,20)(H,17,19,21). The molecule has 0 radical (unpaired) electrons. The quantitative estimate of drug-likeness (QED) is 0.687. The molecule has 2 N–H and O–H groups in total. The number of carbonyl (C=O) groups is 4. The molecule has 0 saturated heterocycles. The highest BCUT2D eigenvalue weighted by atomic mass is 16.2. The predicted molar refractivity (Wildman–Crippen MR) is 72.3 cm³/mol. The Balaban J connectivity index is 1.95. The van der Waals surface area contributed by atoms with Crippen molar-refractivity contribution < 1.29 is 19.2 Å². The van der Waals surface area contributed by atoms with E-state index in [1.165, 1.54) is 12.2 Å². The number of nitrogens with one attached hydrogen (secondary N) is 2. The predicted octanol–water partition coefficient (Wildman–Crippen LogP) is -0.179. The lowest BCUT2D eigenvalue weighted by Gasteiger charge is -2.21. The van der Waals surface area contributed by atoms with Crippen LogP contribution < -0.4 is 10.6 Å². The molecule has 6 heteroatoms. The zero-order chi connectivity index (χ0) is 15.1. The fourth-order valence-corrected chi connectivity index (χ4v) is 2.48. The fourth-order valence-electron chi connectivity index (χ4n) is 2.48. The molecule has 0 saturated carbocycles. The van der Waals surface area contributed by atoms with Crippen molar-refractivity contribution in [1.29, 1.82) is 0 Å². The summed E-state index contributed by atoms with van der Waals surface area (Å²) in [7, 11) is 0. The number of hydrogen-bond donors (Lipinski definition) is 2. The highest BCUT2D eigenvalue weighted by Gasteiger charge is 2.33. The van der Waals surface area contributed by atoms with Crippen LogP contribution in [-0.4, -0.2) is 23.6 Å². The normalized spacial score (nSPS) is 24.7. The summed E-state index contributed by atoms with van der Waals surface area (Å²) in [5, 5.41) is 4.33. The Morgan fingerprint density at radius 3 is 2.14 bits per heavy atom. The van der Waals surface area contributed by atoms with Crippen LogP contribution in [0.3, 0.4) is 0 Å². The van der Waals surface area contributed by atoms with Crippen LogP contribution in [0.1, 0.15) is 0 Å². The monoisotopic (exact) mass is 282 g/mol. The zero-order valence-electron chi connectivity index (χ0n) is 10.8. The molecule has 1 atom stereocenters. The Hall–Kier alpha value is -3.02. The lowest BCUT2D eigenvalue weighted by atomic mass is 9.81. The lowest BCUT2D eigenvalue weighted by Crippen LogP contribution is -2.26. The number of rotatable bonds is 2. The van der Waals surface area contributed by atoms with Crippen molar-refractivity contribution in [3.05, 3.63) is 59.3 Å². The van der Waals surface area contributed by atoms with E-state index in [9.17, 15) is 19.2 Å². The molecular weight excluding hydrogens is 272 g/mol.